The number of carbonyl (C=O) groups is 1. The first-order chi connectivity index (χ1) is 11.3. The van der Waals surface area contributed by atoms with Crippen molar-refractivity contribution in [2.75, 3.05) is 6.54 Å². The van der Waals surface area contributed by atoms with E-state index in [1.54, 1.807) is 12.1 Å². The third kappa shape index (κ3) is 7.87. The maximum atomic E-state index is 10.9. The average Bonchev–Trinajstić information content (AvgIpc) is 2.54. The average molecular weight is 351 g/mol. The first-order valence-electron chi connectivity index (χ1n) is 7.26. The van der Waals surface area contributed by atoms with Crippen LogP contribution in [0.1, 0.15) is 17.5 Å². The van der Waals surface area contributed by atoms with Gasteiger partial charge in [0.05, 0.1) is 11.3 Å². The molecule has 0 heterocycles. The van der Waals surface area contributed by atoms with Crippen LogP contribution in [0.15, 0.2) is 59.5 Å². The van der Waals surface area contributed by atoms with Crippen LogP contribution in [-0.2, 0) is 26.3 Å². The molecule has 0 aliphatic rings. The summed E-state index contributed by atoms with van der Waals surface area (Å²) in [6.45, 7) is 2.51. The van der Waals surface area contributed by atoms with Gasteiger partial charge in [0.1, 0.15) is 6.61 Å². The van der Waals surface area contributed by atoms with Crippen LogP contribution < -0.4 is 5.73 Å². The van der Waals surface area contributed by atoms with E-state index >= 15 is 0 Å². The second kappa shape index (κ2) is 9.82. The van der Waals surface area contributed by atoms with Crippen molar-refractivity contribution in [1.29, 1.82) is 0 Å². The maximum Gasteiger partial charge on any atom is 0.307 e. The summed E-state index contributed by atoms with van der Waals surface area (Å²) in [5, 5.41) is 0. The molecule has 0 radical (unpaired) electrons. The molecule has 0 aromatic heterocycles. The topological polar surface area (TPSA) is 107 Å². The van der Waals surface area contributed by atoms with E-state index in [1.807, 2.05) is 37.3 Å². The third-order valence-corrected chi connectivity index (χ3v) is 3.78. The number of hydrogen-bond donors (Lipinski definition) is 2. The molecule has 0 saturated carbocycles. The van der Waals surface area contributed by atoms with Crippen LogP contribution in [0.5, 0.6) is 0 Å². The molecule has 2 aromatic rings. The number of hydrogen-bond acceptors (Lipinski definition) is 5. The molecule has 0 atom stereocenters. The Morgan fingerprint density at radius 2 is 1.67 bits per heavy atom. The van der Waals surface area contributed by atoms with Crippen LogP contribution in [0.2, 0.25) is 0 Å². The predicted molar refractivity (Wildman–Crippen MR) is 90.9 cm³/mol. The number of nitrogens with two attached hydrogens (primary N) is 1. The Morgan fingerprint density at radius 3 is 2.17 bits per heavy atom. The summed E-state index contributed by atoms with van der Waals surface area (Å²) in [6, 6.07) is 15.6. The zero-order valence-corrected chi connectivity index (χ0v) is 14.2. The summed E-state index contributed by atoms with van der Waals surface area (Å²) in [5.41, 5.74) is 7.15. The van der Waals surface area contributed by atoms with Crippen molar-refractivity contribution in [3.8, 4) is 0 Å². The molecular weight excluding hydrogens is 330 g/mol. The van der Waals surface area contributed by atoms with E-state index in [1.165, 1.54) is 12.1 Å². The second-order valence-corrected chi connectivity index (χ2v) is 6.39. The third-order valence-electron chi connectivity index (χ3n) is 2.91. The molecule has 0 saturated heterocycles. The molecular formula is C17H21NO5S. The summed E-state index contributed by atoms with van der Waals surface area (Å²) in [6.07, 6.45) is 0.285. The highest BCUT2D eigenvalue weighted by atomic mass is 32.2. The van der Waals surface area contributed by atoms with Gasteiger partial charge in [-0.2, -0.15) is 8.42 Å². The van der Waals surface area contributed by atoms with Crippen LogP contribution in [0.25, 0.3) is 0 Å². The van der Waals surface area contributed by atoms with Gasteiger partial charge in [0, 0.05) is 6.54 Å². The molecule has 6 nitrogen and oxygen atoms in total. The monoisotopic (exact) mass is 351 g/mol. The summed E-state index contributed by atoms with van der Waals surface area (Å²) in [7, 11) is -4.02. The Labute approximate surface area is 142 Å². The number of aryl methyl sites for hydroxylation is 1. The van der Waals surface area contributed by atoms with Crippen LogP contribution in [0, 0.1) is 6.92 Å². The molecule has 0 aliphatic heterocycles. The van der Waals surface area contributed by atoms with Gasteiger partial charge in [-0.25, -0.2) is 0 Å². The van der Waals surface area contributed by atoms with Crippen LogP contribution >= 0.6 is 0 Å². The molecule has 0 aliphatic carbocycles. The van der Waals surface area contributed by atoms with E-state index in [0.29, 0.717) is 13.2 Å². The summed E-state index contributed by atoms with van der Waals surface area (Å²) in [4.78, 5) is 10.8. The molecule has 2 rings (SSSR count). The maximum absolute atomic E-state index is 10.9. The van der Waals surface area contributed by atoms with Crippen molar-refractivity contribution < 1.29 is 22.5 Å². The minimum atomic E-state index is -4.02. The molecule has 0 spiro atoms. The Balaban J connectivity index is 0.000000243. The van der Waals surface area contributed by atoms with Crippen LogP contribution in [-0.4, -0.2) is 25.5 Å². The fourth-order valence-corrected chi connectivity index (χ4v) is 2.12. The molecule has 7 heteroatoms. The number of ether oxygens (including phenoxy) is 1. The molecule has 0 bridgehead atoms. The Bertz CT molecular complexity index is 727. The number of esters is 1. The highest BCUT2D eigenvalue weighted by Gasteiger charge is 2.06. The number of carbonyl (C=O) groups excluding carboxylic acids is 1. The van der Waals surface area contributed by atoms with E-state index < -0.39 is 10.1 Å². The molecule has 3 N–H and O–H groups in total. The van der Waals surface area contributed by atoms with E-state index in [9.17, 15) is 13.2 Å². The predicted octanol–water partition coefficient (Wildman–Crippen LogP) is 2.32. The van der Waals surface area contributed by atoms with Gasteiger partial charge in [-0.3, -0.25) is 9.35 Å². The van der Waals surface area contributed by atoms with E-state index in [2.05, 4.69) is 0 Å². The largest absolute Gasteiger partial charge is 0.461 e. The molecule has 130 valence electrons. The molecule has 0 unspecified atom stereocenters. The van der Waals surface area contributed by atoms with Gasteiger partial charge in [0.2, 0.25) is 0 Å². The van der Waals surface area contributed by atoms with Gasteiger partial charge in [-0.1, -0.05) is 48.0 Å². The minimum Gasteiger partial charge on any atom is -0.461 e. The fraction of sp³-hybridized carbons (Fsp3) is 0.235. The van der Waals surface area contributed by atoms with Gasteiger partial charge in [-0.15, -0.1) is 0 Å². The summed E-state index contributed by atoms with van der Waals surface area (Å²) < 4.78 is 34.5. The first kappa shape index (κ1) is 19.8. The van der Waals surface area contributed by atoms with Gasteiger partial charge in [0.25, 0.3) is 10.1 Å². The quantitative estimate of drug-likeness (QED) is 0.632. The minimum absolute atomic E-state index is 0.0666. The van der Waals surface area contributed by atoms with Crippen molar-refractivity contribution in [2.45, 2.75) is 24.8 Å². The molecule has 24 heavy (non-hydrogen) atoms. The van der Waals surface area contributed by atoms with E-state index in [4.69, 9.17) is 15.0 Å². The lowest BCUT2D eigenvalue weighted by atomic mass is 10.2. The van der Waals surface area contributed by atoms with Crippen LogP contribution in [0.3, 0.4) is 0 Å². The Morgan fingerprint density at radius 1 is 1.08 bits per heavy atom. The first-order valence-corrected chi connectivity index (χ1v) is 8.70. The second-order valence-electron chi connectivity index (χ2n) is 4.97. The van der Waals surface area contributed by atoms with Gasteiger partial charge >= 0.3 is 5.97 Å². The summed E-state index contributed by atoms with van der Waals surface area (Å²) >= 11 is 0. The highest BCUT2D eigenvalue weighted by Crippen LogP contribution is 2.08. The van der Waals surface area contributed by atoms with Gasteiger partial charge in [0.15, 0.2) is 0 Å². The zero-order chi connectivity index (χ0) is 18.0. The van der Waals surface area contributed by atoms with Crippen LogP contribution in [0.4, 0.5) is 0 Å². The molecule has 0 fully saturated rings. The lowest BCUT2D eigenvalue weighted by molar-refractivity contribution is -0.144. The lowest BCUT2D eigenvalue weighted by Crippen LogP contribution is -2.10. The standard InChI is InChI=1S/C10H13NO2.C7H8O3S/c11-7-6-10(12)13-8-9-4-2-1-3-5-9;1-6-2-4-7(5-3-6)11(8,9)10/h1-5H,6-8,11H2;2-5H,1H3,(H,8,9,10). The van der Waals surface area contributed by atoms with Crippen molar-refractivity contribution in [3.63, 3.8) is 0 Å². The summed E-state index contributed by atoms with van der Waals surface area (Å²) in [5.74, 6) is -0.244. The van der Waals surface area contributed by atoms with Gasteiger partial charge in [-0.05, 0) is 24.6 Å². The molecule has 2 aromatic carbocycles. The van der Waals surface area contributed by atoms with Crippen molar-refractivity contribution >= 4 is 16.1 Å². The highest BCUT2D eigenvalue weighted by molar-refractivity contribution is 7.85. The van der Waals surface area contributed by atoms with E-state index in [0.717, 1.165) is 11.1 Å². The number of rotatable bonds is 5. The zero-order valence-electron chi connectivity index (χ0n) is 13.4. The van der Waals surface area contributed by atoms with E-state index in [-0.39, 0.29) is 17.3 Å². The molecule has 0 amide bonds. The normalized spacial score (nSPS) is 10.5. The van der Waals surface area contributed by atoms with Crippen molar-refractivity contribution in [2.24, 2.45) is 5.73 Å². The van der Waals surface area contributed by atoms with Gasteiger partial charge < -0.3 is 10.5 Å². The fourth-order valence-electron chi connectivity index (χ4n) is 1.64. The SMILES string of the molecule is Cc1ccc(S(=O)(=O)O)cc1.NCCC(=O)OCc1ccccc1. The number of benzene rings is 2. The van der Waals surface area contributed by atoms with Crippen molar-refractivity contribution in [3.05, 3.63) is 65.7 Å². The lowest BCUT2D eigenvalue weighted by Gasteiger charge is -2.02. The Kier molecular flexibility index (Phi) is 8.11. The smallest absolute Gasteiger partial charge is 0.307 e. The van der Waals surface area contributed by atoms with Crippen molar-refractivity contribution in [1.82, 2.24) is 0 Å². The Hall–Kier alpha value is -2.22.